The van der Waals surface area contributed by atoms with Crippen molar-refractivity contribution in [2.24, 2.45) is 5.84 Å². The summed E-state index contributed by atoms with van der Waals surface area (Å²) in [4.78, 5) is 15.2. The Morgan fingerprint density at radius 3 is 3.06 bits per heavy atom. The number of hydrazine groups is 1. The summed E-state index contributed by atoms with van der Waals surface area (Å²) in [6, 6.07) is 7.57. The number of carbonyl (C=O) groups is 1. The number of carbonyl (C=O) groups excluding carboxylic acids is 1. The number of aryl methyl sites for hydroxylation is 1. The van der Waals surface area contributed by atoms with E-state index in [1.165, 1.54) is 0 Å². The predicted octanol–water partition coefficient (Wildman–Crippen LogP) is 1.42. The van der Waals surface area contributed by atoms with Gasteiger partial charge in [-0.3, -0.25) is 10.2 Å². The number of nitrogens with two attached hydrogens (primary N) is 1. The monoisotopic (exact) mass is 310 g/mol. The van der Waals surface area contributed by atoms with Crippen molar-refractivity contribution in [2.45, 2.75) is 12.8 Å². The Bertz CT molecular complexity index is 555. The van der Waals surface area contributed by atoms with Crippen LogP contribution in [0.25, 0.3) is 11.4 Å². The molecule has 2 rings (SSSR count). The van der Waals surface area contributed by atoms with Gasteiger partial charge in [-0.1, -0.05) is 33.2 Å². The van der Waals surface area contributed by atoms with Crippen molar-refractivity contribution in [1.82, 2.24) is 15.6 Å². The van der Waals surface area contributed by atoms with E-state index in [9.17, 15) is 4.79 Å². The van der Waals surface area contributed by atoms with Crippen LogP contribution in [0.15, 0.2) is 33.3 Å². The van der Waals surface area contributed by atoms with Gasteiger partial charge in [0.1, 0.15) is 0 Å². The fourth-order valence-electron chi connectivity index (χ4n) is 1.39. The molecule has 18 heavy (non-hydrogen) atoms. The van der Waals surface area contributed by atoms with Gasteiger partial charge in [0.05, 0.1) is 0 Å². The van der Waals surface area contributed by atoms with Crippen molar-refractivity contribution in [3.05, 3.63) is 34.6 Å². The maximum absolute atomic E-state index is 11.0. The molecule has 6 nitrogen and oxygen atoms in total. The molecule has 0 aliphatic carbocycles. The van der Waals surface area contributed by atoms with Crippen molar-refractivity contribution in [3.8, 4) is 11.4 Å². The van der Waals surface area contributed by atoms with Crippen LogP contribution in [-0.2, 0) is 11.2 Å². The summed E-state index contributed by atoms with van der Waals surface area (Å²) >= 11 is 3.37. The number of hydrogen-bond donors (Lipinski definition) is 2. The van der Waals surface area contributed by atoms with E-state index in [0.29, 0.717) is 18.1 Å². The molecule has 0 radical (unpaired) electrons. The smallest absolute Gasteiger partial charge is 0.234 e. The van der Waals surface area contributed by atoms with Gasteiger partial charge in [0, 0.05) is 22.9 Å². The number of hydrogen-bond acceptors (Lipinski definition) is 5. The molecular formula is C11H11BrN4O2. The Morgan fingerprint density at radius 2 is 2.33 bits per heavy atom. The summed E-state index contributed by atoms with van der Waals surface area (Å²) < 4.78 is 6.00. The molecule has 94 valence electrons. The van der Waals surface area contributed by atoms with Gasteiger partial charge in [-0.05, 0) is 12.1 Å². The minimum absolute atomic E-state index is 0.219. The van der Waals surface area contributed by atoms with Gasteiger partial charge in [0.25, 0.3) is 0 Å². The van der Waals surface area contributed by atoms with Crippen LogP contribution in [0.4, 0.5) is 0 Å². The molecule has 0 bridgehead atoms. The van der Waals surface area contributed by atoms with Gasteiger partial charge in [0.2, 0.25) is 17.6 Å². The summed E-state index contributed by atoms with van der Waals surface area (Å²) in [7, 11) is 0. The Morgan fingerprint density at radius 1 is 1.50 bits per heavy atom. The van der Waals surface area contributed by atoms with Crippen LogP contribution < -0.4 is 11.3 Å². The van der Waals surface area contributed by atoms with Crippen LogP contribution >= 0.6 is 15.9 Å². The lowest BCUT2D eigenvalue weighted by molar-refractivity contribution is -0.121. The molecule has 7 heteroatoms. The fourth-order valence-corrected chi connectivity index (χ4v) is 1.79. The van der Waals surface area contributed by atoms with Gasteiger partial charge < -0.3 is 4.52 Å². The van der Waals surface area contributed by atoms with Crippen molar-refractivity contribution < 1.29 is 9.32 Å². The highest BCUT2D eigenvalue weighted by Crippen LogP contribution is 2.20. The second-order valence-electron chi connectivity index (χ2n) is 3.59. The average Bonchev–Trinajstić information content (AvgIpc) is 2.84. The summed E-state index contributed by atoms with van der Waals surface area (Å²) in [5.41, 5.74) is 2.90. The zero-order valence-electron chi connectivity index (χ0n) is 9.39. The van der Waals surface area contributed by atoms with Gasteiger partial charge in [-0.25, -0.2) is 5.84 Å². The summed E-state index contributed by atoms with van der Waals surface area (Å²) in [6.07, 6.45) is 0.584. The van der Waals surface area contributed by atoms with Crippen molar-refractivity contribution in [3.63, 3.8) is 0 Å². The third-order valence-electron chi connectivity index (χ3n) is 2.28. The minimum atomic E-state index is -0.266. The lowest BCUT2D eigenvalue weighted by Crippen LogP contribution is -2.30. The lowest BCUT2D eigenvalue weighted by atomic mass is 10.2. The van der Waals surface area contributed by atoms with E-state index in [1.54, 1.807) is 0 Å². The minimum Gasteiger partial charge on any atom is -0.339 e. The van der Waals surface area contributed by atoms with E-state index < -0.39 is 0 Å². The second kappa shape index (κ2) is 5.74. The Hall–Kier alpha value is -1.73. The maximum Gasteiger partial charge on any atom is 0.234 e. The second-order valence-corrected chi connectivity index (χ2v) is 4.51. The molecular weight excluding hydrogens is 300 g/mol. The van der Waals surface area contributed by atoms with Crippen molar-refractivity contribution in [1.29, 1.82) is 0 Å². The molecule has 0 fully saturated rings. The summed E-state index contributed by atoms with van der Waals surface area (Å²) in [5.74, 6) is 5.62. The normalized spacial score (nSPS) is 10.3. The quantitative estimate of drug-likeness (QED) is 0.506. The summed E-state index contributed by atoms with van der Waals surface area (Å²) in [5, 5.41) is 3.86. The average molecular weight is 311 g/mol. The van der Waals surface area contributed by atoms with E-state index in [2.05, 4.69) is 26.1 Å². The number of aromatic nitrogens is 2. The predicted molar refractivity (Wildman–Crippen MR) is 68.1 cm³/mol. The van der Waals surface area contributed by atoms with E-state index in [-0.39, 0.29) is 12.3 Å². The first-order valence-electron chi connectivity index (χ1n) is 5.27. The molecule has 3 N–H and O–H groups in total. The Kier molecular flexibility index (Phi) is 4.06. The van der Waals surface area contributed by atoms with Gasteiger partial charge >= 0.3 is 0 Å². The van der Waals surface area contributed by atoms with Gasteiger partial charge in [-0.15, -0.1) is 0 Å². The van der Waals surface area contributed by atoms with Gasteiger partial charge in [-0.2, -0.15) is 4.98 Å². The van der Waals surface area contributed by atoms with E-state index in [0.717, 1.165) is 10.0 Å². The van der Waals surface area contributed by atoms with Crippen LogP contribution in [0.5, 0.6) is 0 Å². The van der Waals surface area contributed by atoms with Crippen LogP contribution in [-0.4, -0.2) is 16.0 Å². The fraction of sp³-hybridized carbons (Fsp3) is 0.182. The highest BCUT2D eigenvalue weighted by Gasteiger charge is 2.10. The standard InChI is InChI=1S/C11H11BrN4O2/c12-8-3-1-2-7(6-8)11-14-10(18-16-11)5-4-9(17)15-13/h1-3,6H,4-5,13H2,(H,15,17). The van der Waals surface area contributed by atoms with Crippen molar-refractivity contribution in [2.75, 3.05) is 0 Å². The highest BCUT2D eigenvalue weighted by atomic mass is 79.9. The van der Waals surface area contributed by atoms with Crippen molar-refractivity contribution >= 4 is 21.8 Å². The first-order valence-corrected chi connectivity index (χ1v) is 6.06. The molecule has 1 heterocycles. The highest BCUT2D eigenvalue weighted by molar-refractivity contribution is 9.10. The third-order valence-corrected chi connectivity index (χ3v) is 2.77. The maximum atomic E-state index is 11.0. The molecule has 1 aromatic heterocycles. The molecule has 1 amide bonds. The molecule has 0 saturated heterocycles. The van der Waals surface area contributed by atoms with Crippen LogP contribution in [0.2, 0.25) is 0 Å². The molecule has 0 aliphatic rings. The van der Waals surface area contributed by atoms with Crippen LogP contribution in [0, 0.1) is 0 Å². The van der Waals surface area contributed by atoms with Gasteiger partial charge in [0.15, 0.2) is 0 Å². The van der Waals surface area contributed by atoms with E-state index in [4.69, 9.17) is 10.4 Å². The molecule has 0 spiro atoms. The molecule has 0 aliphatic heterocycles. The molecule has 0 saturated carbocycles. The zero-order chi connectivity index (χ0) is 13.0. The Labute approximate surface area is 112 Å². The first kappa shape index (κ1) is 12.7. The number of rotatable bonds is 4. The first-order chi connectivity index (χ1) is 8.69. The SMILES string of the molecule is NNC(=O)CCc1nc(-c2cccc(Br)c2)no1. The third kappa shape index (κ3) is 3.14. The number of amides is 1. The number of nitrogens with one attached hydrogen (secondary N) is 1. The van der Waals surface area contributed by atoms with E-state index >= 15 is 0 Å². The summed E-state index contributed by atoms with van der Waals surface area (Å²) in [6.45, 7) is 0. The molecule has 0 atom stereocenters. The lowest BCUT2D eigenvalue weighted by Gasteiger charge is -1.95. The molecule has 1 aromatic carbocycles. The number of halogens is 1. The molecule has 0 unspecified atom stereocenters. The van der Waals surface area contributed by atoms with Crippen LogP contribution in [0.1, 0.15) is 12.3 Å². The Balaban J connectivity index is 2.08. The largest absolute Gasteiger partial charge is 0.339 e. The van der Waals surface area contributed by atoms with E-state index in [1.807, 2.05) is 29.7 Å². The number of benzene rings is 1. The molecule has 2 aromatic rings. The topological polar surface area (TPSA) is 94.0 Å². The van der Waals surface area contributed by atoms with Crippen LogP contribution in [0.3, 0.4) is 0 Å². The zero-order valence-corrected chi connectivity index (χ0v) is 11.0. The number of nitrogens with zero attached hydrogens (tertiary/aromatic N) is 2.